The van der Waals surface area contributed by atoms with Crippen LogP contribution in [0.3, 0.4) is 0 Å². The molecule has 0 fully saturated rings. The van der Waals surface area contributed by atoms with Gasteiger partial charge in [0.2, 0.25) is 0 Å². The van der Waals surface area contributed by atoms with E-state index < -0.39 is 32.5 Å². The first-order chi connectivity index (χ1) is 37.0. The fourth-order valence-corrected chi connectivity index (χ4v) is 8.79. The van der Waals surface area contributed by atoms with Crippen LogP contribution in [0.4, 0.5) is 0 Å². The van der Waals surface area contributed by atoms with Crippen LogP contribution in [-0.2, 0) is 32.7 Å². The summed E-state index contributed by atoms with van der Waals surface area (Å²) in [5, 5.41) is 0. The quantitative estimate of drug-likeness (QED) is 0.0195. The third kappa shape index (κ3) is 59.9. The molecule has 436 valence electrons. The molecule has 0 saturated carbocycles. The summed E-state index contributed by atoms with van der Waals surface area (Å²) in [5.41, 5.74) is 0. The molecule has 10 heteroatoms. The maximum atomic E-state index is 12.8. The number of esters is 2. The van der Waals surface area contributed by atoms with E-state index in [2.05, 4.69) is 123 Å². The lowest BCUT2D eigenvalue weighted by Crippen LogP contribution is -2.37. The van der Waals surface area contributed by atoms with E-state index in [1.54, 1.807) is 0 Å². The number of unbranched alkanes of at least 4 members (excludes halogenated alkanes) is 23. The number of carbonyl (C=O) groups is 2. The average Bonchev–Trinajstić information content (AvgIpc) is 3.38. The highest BCUT2D eigenvalue weighted by Crippen LogP contribution is 2.38. The molecule has 2 atom stereocenters. The van der Waals surface area contributed by atoms with Gasteiger partial charge in [-0.3, -0.25) is 14.2 Å². The summed E-state index contributed by atoms with van der Waals surface area (Å²) in [4.78, 5) is 37.7. The zero-order chi connectivity index (χ0) is 55.6. The molecule has 0 radical (unpaired) electrons. The first-order valence-electron chi connectivity index (χ1n) is 30.6. The molecule has 0 aromatic heterocycles. The summed E-state index contributed by atoms with van der Waals surface area (Å²) in [7, 11) is 1.16. The van der Waals surface area contributed by atoms with Gasteiger partial charge in [-0.05, 0) is 96.3 Å². The van der Waals surface area contributed by atoms with Gasteiger partial charge in [0.05, 0.1) is 27.7 Å². The van der Waals surface area contributed by atoms with E-state index in [0.717, 1.165) is 116 Å². The van der Waals surface area contributed by atoms with Crippen LogP contribution in [0.2, 0.25) is 0 Å². The molecular formula is C66H114NO8P. The molecule has 0 aliphatic carbocycles. The minimum absolute atomic E-state index is 0.0347. The molecule has 0 rings (SSSR count). The molecule has 0 heterocycles. The highest BCUT2D eigenvalue weighted by molar-refractivity contribution is 7.45. The Hall–Kier alpha value is -3.33. The van der Waals surface area contributed by atoms with Gasteiger partial charge >= 0.3 is 11.9 Å². The fraction of sp³-hybridized carbons (Fsp3) is 0.697. The van der Waals surface area contributed by atoms with Crippen molar-refractivity contribution in [2.75, 3.05) is 47.5 Å². The molecule has 0 spiro atoms. The van der Waals surface area contributed by atoms with Gasteiger partial charge in [-0.2, -0.15) is 0 Å². The maximum Gasteiger partial charge on any atom is 0.306 e. The van der Waals surface area contributed by atoms with Gasteiger partial charge in [-0.25, -0.2) is 0 Å². The molecule has 0 bridgehead atoms. The standard InChI is InChI=1S/C66H114NO8P/c1-6-8-10-12-14-16-18-19-20-21-22-23-24-25-26-27-28-29-30-31-32-33-34-35-36-37-38-39-40-41-42-43-44-45-46-47-49-51-53-55-57-59-66(69)75-64(63-74-76(70,71)73-61-60-67(3,4)5)62-72-65(68)58-56-54-52-50-48-17-15-13-11-9-7-2/h8,10,13-16,19-20,22-23,25-26,28-29,31-32,34-35,64H,6-7,9,11-12,17-18,21,24,27,30,33,36-63H2,1-5H3/b10-8-,15-13-,16-14-,20-19-,23-22-,26-25-,29-28-,32-31-,35-34-. The number of hydrogen-bond donors (Lipinski definition) is 0. The van der Waals surface area contributed by atoms with Crippen molar-refractivity contribution in [2.45, 2.75) is 251 Å². The number of nitrogens with zero attached hydrogens (tertiary/aromatic N) is 1. The highest BCUT2D eigenvalue weighted by atomic mass is 31.2. The Labute approximate surface area is 467 Å². The Bertz CT molecular complexity index is 1650. The molecule has 0 aromatic rings. The third-order valence-corrected chi connectivity index (χ3v) is 13.7. The summed E-state index contributed by atoms with van der Waals surface area (Å²) in [6.07, 6.45) is 78.8. The van der Waals surface area contributed by atoms with E-state index in [4.69, 9.17) is 18.5 Å². The summed E-state index contributed by atoms with van der Waals surface area (Å²) in [6.45, 7) is 4.07. The molecular weight excluding hydrogens is 966 g/mol. The third-order valence-electron chi connectivity index (χ3n) is 12.8. The lowest BCUT2D eigenvalue weighted by Gasteiger charge is -2.28. The predicted molar refractivity (Wildman–Crippen MR) is 323 cm³/mol. The van der Waals surface area contributed by atoms with Crippen LogP contribution >= 0.6 is 7.82 Å². The van der Waals surface area contributed by atoms with Crippen molar-refractivity contribution < 1.29 is 42.1 Å². The van der Waals surface area contributed by atoms with Gasteiger partial charge in [0.25, 0.3) is 7.82 Å². The van der Waals surface area contributed by atoms with Crippen molar-refractivity contribution in [3.63, 3.8) is 0 Å². The Kier molecular flexibility index (Phi) is 53.9. The zero-order valence-corrected chi connectivity index (χ0v) is 50.3. The Balaban J connectivity index is 3.95. The SMILES string of the molecule is CC/C=C\C/C=C\C/C=C\C/C=C\C/C=C\C/C=C\C/C=C\C/C=C\CCCCCCCCCCCCCCCCCCC(=O)OC(COC(=O)CCCCCCC/C=C\CCCC)COP(=O)([O-])OCC[N+](C)(C)C. The average molecular weight is 1080 g/mol. The molecule has 0 aliphatic heterocycles. The van der Waals surface area contributed by atoms with Gasteiger partial charge in [-0.1, -0.05) is 245 Å². The Morgan fingerprint density at radius 1 is 0.421 bits per heavy atom. The fourth-order valence-electron chi connectivity index (χ4n) is 8.06. The van der Waals surface area contributed by atoms with E-state index in [9.17, 15) is 19.0 Å². The highest BCUT2D eigenvalue weighted by Gasteiger charge is 2.22. The topological polar surface area (TPSA) is 111 Å². The van der Waals surface area contributed by atoms with E-state index in [1.807, 2.05) is 21.1 Å². The van der Waals surface area contributed by atoms with Crippen molar-refractivity contribution in [1.82, 2.24) is 0 Å². The van der Waals surface area contributed by atoms with Crippen LogP contribution in [0, 0.1) is 0 Å². The molecule has 0 aliphatic rings. The summed E-state index contributed by atoms with van der Waals surface area (Å²) >= 11 is 0. The van der Waals surface area contributed by atoms with Gasteiger partial charge in [0, 0.05) is 12.8 Å². The van der Waals surface area contributed by atoms with Crippen molar-refractivity contribution in [2.24, 2.45) is 0 Å². The van der Waals surface area contributed by atoms with Gasteiger partial charge in [0.15, 0.2) is 6.10 Å². The summed E-state index contributed by atoms with van der Waals surface area (Å²) < 4.78 is 34.1. The number of phosphoric ester groups is 1. The molecule has 2 unspecified atom stereocenters. The van der Waals surface area contributed by atoms with Crippen molar-refractivity contribution in [3.05, 3.63) is 109 Å². The number of carbonyl (C=O) groups excluding carboxylic acids is 2. The lowest BCUT2D eigenvalue weighted by molar-refractivity contribution is -0.870. The lowest BCUT2D eigenvalue weighted by atomic mass is 10.0. The van der Waals surface area contributed by atoms with E-state index in [1.165, 1.54) is 96.3 Å². The number of ether oxygens (including phenoxy) is 2. The number of quaternary nitrogens is 1. The molecule has 0 saturated heterocycles. The monoisotopic (exact) mass is 1080 g/mol. The summed E-state index contributed by atoms with van der Waals surface area (Å²) in [5.74, 6) is -0.845. The van der Waals surface area contributed by atoms with E-state index in [0.29, 0.717) is 17.4 Å². The van der Waals surface area contributed by atoms with Crippen LogP contribution in [0.25, 0.3) is 0 Å². The summed E-state index contributed by atoms with van der Waals surface area (Å²) in [6, 6.07) is 0. The number of rotatable bonds is 55. The molecule has 0 amide bonds. The van der Waals surface area contributed by atoms with Crippen LogP contribution < -0.4 is 4.89 Å². The van der Waals surface area contributed by atoms with Gasteiger partial charge in [-0.15, -0.1) is 0 Å². The van der Waals surface area contributed by atoms with E-state index in [-0.39, 0.29) is 26.1 Å². The number of likely N-dealkylation sites (N-methyl/N-ethyl adjacent to an activating group) is 1. The minimum atomic E-state index is -4.64. The van der Waals surface area contributed by atoms with Crippen molar-refractivity contribution in [1.29, 1.82) is 0 Å². The van der Waals surface area contributed by atoms with Gasteiger partial charge < -0.3 is 27.9 Å². The minimum Gasteiger partial charge on any atom is -0.756 e. The van der Waals surface area contributed by atoms with Crippen LogP contribution in [0.5, 0.6) is 0 Å². The normalized spacial score (nSPS) is 14.0. The first-order valence-corrected chi connectivity index (χ1v) is 32.1. The first kappa shape index (κ1) is 72.7. The zero-order valence-electron chi connectivity index (χ0n) is 49.4. The van der Waals surface area contributed by atoms with Crippen molar-refractivity contribution >= 4 is 19.8 Å². The maximum absolute atomic E-state index is 12.8. The van der Waals surface area contributed by atoms with E-state index >= 15 is 0 Å². The Morgan fingerprint density at radius 3 is 1.13 bits per heavy atom. The Morgan fingerprint density at radius 2 is 0.750 bits per heavy atom. The molecule has 0 N–H and O–H groups in total. The second kappa shape index (κ2) is 56.4. The van der Waals surface area contributed by atoms with Crippen LogP contribution in [0.15, 0.2) is 109 Å². The number of allylic oxidation sites excluding steroid dienone is 18. The van der Waals surface area contributed by atoms with Gasteiger partial charge in [0.1, 0.15) is 19.8 Å². The smallest absolute Gasteiger partial charge is 0.306 e. The predicted octanol–water partition coefficient (Wildman–Crippen LogP) is 18.7. The van der Waals surface area contributed by atoms with Crippen LogP contribution in [-0.4, -0.2) is 70.0 Å². The van der Waals surface area contributed by atoms with Crippen molar-refractivity contribution in [3.8, 4) is 0 Å². The molecule has 76 heavy (non-hydrogen) atoms. The molecule has 0 aromatic carbocycles. The van der Waals surface area contributed by atoms with Crippen LogP contribution in [0.1, 0.15) is 245 Å². The number of hydrogen-bond acceptors (Lipinski definition) is 8. The largest absolute Gasteiger partial charge is 0.756 e. The number of phosphoric acid groups is 1. The molecule has 9 nitrogen and oxygen atoms in total. The second-order valence-electron chi connectivity index (χ2n) is 21.3. The second-order valence-corrected chi connectivity index (χ2v) is 22.7.